The van der Waals surface area contributed by atoms with Crippen LogP contribution in [0.3, 0.4) is 0 Å². The van der Waals surface area contributed by atoms with Crippen LogP contribution in [0.15, 0.2) is 16.7 Å². The molecule has 2 aliphatic heterocycles. The Morgan fingerprint density at radius 3 is 3.00 bits per heavy atom. The van der Waals surface area contributed by atoms with Gasteiger partial charge in [0, 0.05) is 49.3 Å². The van der Waals surface area contributed by atoms with Gasteiger partial charge in [0.1, 0.15) is 5.69 Å². The van der Waals surface area contributed by atoms with E-state index in [-0.39, 0.29) is 17.9 Å². The zero-order chi connectivity index (χ0) is 14.3. The standard InChI is InChI=1S/C14H18BrN3O2/c1-2-16-8-10(15)7-12(16)14(20)17-5-6-18-11(9-17)3-4-13(18)19/h7-8,11H,2-6,9H2,1H3. The molecule has 3 rings (SSSR count). The van der Waals surface area contributed by atoms with Gasteiger partial charge in [0.25, 0.3) is 5.91 Å². The molecule has 2 amide bonds. The van der Waals surface area contributed by atoms with Gasteiger partial charge in [0.05, 0.1) is 0 Å². The number of rotatable bonds is 2. The fourth-order valence-corrected chi connectivity index (χ4v) is 3.59. The molecule has 3 heterocycles. The quantitative estimate of drug-likeness (QED) is 0.823. The molecule has 1 aromatic heterocycles. The summed E-state index contributed by atoms with van der Waals surface area (Å²) in [4.78, 5) is 28.1. The lowest BCUT2D eigenvalue weighted by atomic mass is 10.1. The van der Waals surface area contributed by atoms with Crippen molar-refractivity contribution in [1.82, 2.24) is 14.4 Å². The van der Waals surface area contributed by atoms with Crippen LogP contribution in [-0.2, 0) is 11.3 Å². The van der Waals surface area contributed by atoms with Gasteiger partial charge in [-0.2, -0.15) is 0 Å². The summed E-state index contributed by atoms with van der Waals surface area (Å²) in [5, 5.41) is 0. The van der Waals surface area contributed by atoms with Crippen molar-refractivity contribution in [2.24, 2.45) is 0 Å². The van der Waals surface area contributed by atoms with E-state index in [1.165, 1.54) is 0 Å². The molecule has 1 aromatic rings. The van der Waals surface area contributed by atoms with Gasteiger partial charge in [-0.3, -0.25) is 9.59 Å². The van der Waals surface area contributed by atoms with Crippen molar-refractivity contribution in [1.29, 1.82) is 0 Å². The number of aromatic nitrogens is 1. The molecule has 0 saturated carbocycles. The van der Waals surface area contributed by atoms with Crippen molar-refractivity contribution in [3.63, 3.8) is 0 Å². The van der Waals surface area contributed by atoms with Crippen LogP contribution in [0.1, 0.15) is 30.3 Å². The van der Waals surface area contributed by atoms with Crippen LogP contribution in [0.4, 0.5) is 0 Å². The summed E-state index contributed by atoms with van der Waals surface area (Å²) in [6, 6.07) is 2.09. The number of hydrogen-bond acceptors (Lipinski definition) is 2. The van der Waals surface area contributed by atoms with Gasteiger partial charge < -0.3 is 14.4 Å². The van der Waals surface area contributed by atoms with Gasteiger partial charge in [-0.25, -0.2) is 0 Å². The van der Waals surface area contributed by atoms with Gasteiger partial charge in [-0.05, 0) is 35.3 Å². The fraction of sp³-hybridized carbons (Fsp3) is 0.571. The van der Waals surface area contributed by atoms with Gasteiger partial charge in [-0.1, -0.05) is 0 Å². The largest absolute Gasteiger partial charge is 0.343 e. The topological polar surface area (TPSA) is 45.6 Å². The van der Waals surface area contributed by atoms with Crippen molar-refractivity contribution < 1.29 is 9.59 Å². The lowest BCUT2D eigenvalue weighted by molar-refractivity contribution is -0.130. The molecule has 20 heavy (non-hydrogen) atoms. The predicted octanol–water partition coefficient (Wildman–Crippen LogP) is 1.72. The average molecular weight is 340 g/mol. The van der Waals surface area contributed by atoms with Crippen LogP contribution >= 0.6 is 15.9 Å². The van der Waals surface area contributed by atoms with Gasteiger partial charge >= 0.3 is 0 Å². The van der Waals surface area contributed by atoms with E-state index >= 15 is 0 Å². The number of hydrogen-bond donors (Lipinski definition) is 0. The number of aryl methyl sites for hydroxylation is 1. The van der Waals surface area contributed by atoms with E-state index in [2.05, 4.69) is 15.9 Å². The number of carbonyl (C=O) groups is 2. The highest BCUT2D eigenvalue weighted by Gasteiger charge is 2.37. The Hall–Kier alpha value is -1.30. The molecule has 0 aliphatic carbocycles. The lowest BCUT2D eigenvalue weighted by Gasteiger charge is -2.37. The van der Waals surface area contributed by atoms with Crippen LogP contribution in [0.2, 0.25) is 0 Å². The van der Waals surface area contributed by atoms with Crippen LogP contribution in [-0.4, -0.2) is 51.9 Å². The maximum absolute atomic E-state index is 12.6. The minimum Gasteiger partial charge on any atom is -0.343 e. The molecular formula is C14H18BrN3O2. The maximum atomic E-state index is 12.6. The summed E-state index contributed by atoms with van der Waals surface area (Å²) < 4.78 is 2.89. The molecule has 0 radical (unpaired) electrons. The van der Waals surface area contributed by atoms with Crippen LogP contribution in [0.5, 0.6) is 0 Å². The van der Waals surface area contributed by atoms with E-state index < -0.39 is 0 Å². The first-order valence-corrected chi connectivity index (χ1v) is 7.84. The minimum atomic E-state index is 0.0662. The van der Waals surface area contributed by atoms with Crippen molar-refractivity contribution in [3.8, 4) is 0 Å². The highest BCUT2D eigenvalue weighted by atomic mass is 79.9. The molecule has 5 nitrogen and oxygen atoms in total. The van der Waals surface area contributed by atoms with Gasteiger partial charge in [-0.15, -0.1) is 0 Å². The van der Waals surface area contributed by atoms with E-state index in [9.17, 15) is 9.59 Å². The molecule has 2 saturated heterocycles. The van der Waals surface area contributed by atoms with Crippen LogP contribution < -0.4 is 0 Å². The fourth-order valence-electron chi connectivity index (χ4n) is 3.13. The second-order valence-electron chi connectivity index (χ2n) is 5.36. The number of piperazine rings is 1. The monoisotopic (exact) mass is 339 g/mol. The molecule has 0 aromatic carbocycles. The number of carbonyl (C=O) groups excluding carboxylic acids is 2. The SMILES string of the molecule is CCn1cc(Br)cc1C(=O)N1CCN2C(=O)CCC2C1. The van der Waals surface area contributed by atoms with E-state index in [1.807, 2.05) is 33.6 Å². The van der Waals surface area contributed by atoms with Crippen molar-refractivity contribution >= 4 is 27.7 Å². The third-order valence-corrected chi connectivity index (χ3v) is 4.64. The Morgan fingerprint density at radius 2 is 2.25 bits per heavy atom. The molecule has 108 valence electrons. The third-order valence-electron chi connectivity index (χ3n) is 4.20. The molecule has 0 spiro atoms. The smallest absolute Gasteiger partial charge is 0.270 e. The third kappa shape index (κ3) is 2.26. The normalized spacial score (nSPS) is 22.3. The number of nitrogens with zero attached hydrogens (tertiary/aromatic N) is 3. The number of amides is 2. The molecule has 1 unspecified atom stereocenters. The zero-order valence-electron chi connectivity index (χ0n) is 11.5. The Labute approximate surface area is 126 Å². The molecule has 1 atom stereocenters. The number of fused-ring (bicyclic) bond motifs is 1. The molecular weight excluding hydrogens is 322 g/mol. The summed E-state index contributed by atoms with van der Waals surface area (Å²) in [6.45, 7) is 4.76. The molecule has 2 aliphatic rings. The van der Waals surface area contributed by atoms with Crippen LogP contribution in [0.25, 0.3) is 0 Å². The molecule has 0 bridgehead atoms. The first-order valence-electron chi connectivity index (χ1n) is 7.04. The summed E-state index contributed by atoms with van der Waals surface area (Å²) in [5.41, 5.74) is 0.720. The highest BCUT2D eigenvalue weighted by Crippen LogP contribution is 2.24. The predicted molar refractivity (Wildman–Crippen MR) is 78.4 cm³/mol. The van der Waals surface area contributed by atoms with E-state index in [1.54, 1.807) is 0 Å². The van der Waals surface area contributed by atoms with Crippen molar-refractivity contribution in [2.75, 3.05) is 19.6 Å². The Balaban J connectivity index is 1.76. The van der Waals surface area contributed by atoms with E-state index in [0.717, 1.165) is 23.1 Å². The zero-order valence-corrected chi connectivity index (χ0v) is 13.1. The van der Waals surface area contributed by atoms with Crippen molar-refractivity contribution in [3.05, 3.63) is 22.4 Å². The number of halogens is 1. The molecule has 0 N–H and O–H groups in total. The molecule has 6 heteroatoms. The lowest BCUT2D eigenvalue weighted by Crippen LogP contribution is -2.53. The second-order valence-corrected chi connectivity index (χ2v) is 6.28. The van der Waals surface area contributed by atoms with Crippen molar-refractivity contribution in [2.45, 2.75) is 32.4 Å². The summed E-state index contributed by atoms with van der Waals surface area (Å²) in [7, 11) is 0. The average Bonchev–Trinajstić information content (AvgIpc) is 3.01. The Kier molecular flexibility index (Phi) is 3.58. The van der Waals surface area contributed by atoms with E-state index in [4.69, 9.17) is 0 Å². The maximum Gasteiger partial charge on any atom is 0.270 e. The van der Waals surface area contributed by atoms with Crippen LogP contribution in [0, 0.1) is 0 Å². The Morgan fingerprint density at radius 1 is 1.45 bits per heavy atom. The molecule has 2 fully saturated rings. The summed E-state index contributed by atoms with van der Waals surface area (Å²) in [5.74, 6) is 0.304. The van der Waals surface area contributed by atoms with Gasteiger partial charge in [0.15, 0.2) is 0 Å². The van der Waals surface area contributed by atoms with Gasteiger partial charge in [0.2, 0.25) is 5.91 Å². The minimum absolute atomic E-state index is 0.0662. The first kappa shape index (κ1) is 13.7. The summed E-state index contributed by atoms with van der Waals surface area (Å²) >= 11 is 3.42. The Bertz CT molecular complexity index is 555. The highest BCUT2D eigenvalue weighted by molar-refractivity contribution is 9.10. The first-order chi connectivity index (χ1) is 9.60. The second kappa shape index (κ2) is 5.24. The summed E-state index contributed by atoms with van der Waals surface area (Å²) in [6.07, 6.45) is 3.44. The van der Waals surface area contributed by atoms with E-state index in [0.29, 0.717) is 26.1 Å².